The maximum absolute atomic E-state index is 13.6. The van der Waals surface area contributed by atoms with Crippen LogP contribution in [0, 0.1) is 5.82 Å². The van der Waals surface area contributed by atoms with Crippen molar-refractivity contribution in [2.24, 2.45) is 0 Å². The van der Waals surface area contributed by atoms with E-state index in [1.54, 1.807) is 33.8 Å². The molecule has 0 bridgehead atoms. The number of carbonyl (C=O) groups excluding carboxylic acids is 1. The number of carbonyl (C=O) groups is 1. The Morgan fingerprint density at radius 2 is 2.00 bits per heavy atom. The van der Waals surface area contributed by atoms with Crippen molar-refractivity contribution in [3.05, 3.63) is 34.6 Å². The fourth-order valence-corrected chi connectivity index (χ4v) is 1.53. The van der Waals surface area contributed by atoms with Gasteiger partial charge in [-0.05, 0) is 39.8 Å². The van der Waals surface area contributed by atoms with Gasteiger partial charge in [0, 0.05) is 10.6 Å². The van der Waals surface area contributed by atoms with Crippen LogP contribution in [0.15, 0.2) is 18.2 Å². The zero-order chi connectivity index (χ0) is 13.2. The van der Waals surface area contributed by atoms with Crippen molar-refractivity contribution in [2.45, 2.75) is 39.2 Å². The fraction of sp³-hybridized carbons (Fsp3) is 0.462. The third-order valence-electron chi connectivity index (χ3n) is 2.19. The summed E-state index contributed by atoms with van der Waals surface area (Å²) in [5.74, 6) is -1.58. The van der Waals surface area contributed by atoms with Gasteiger partial charge in [0.25, 0.3) is 0 Å². The molecule has 1 aromatic carbocycles. The number of ether oxygens (including phenoxy) is 1. The van der Waals surface area contributed by atoms with Crippen molar-refractivity contribution >= 4 is 17.6 Å². The molecule has 0 radical (unpaired) electrons. The standard InChI is InChI=1S/C13H16ClFO2/c1-8(12(16)17-13(2,3)4)10-6-5-9(14)7-11(10)15/h5-8H,1-4H3. The highest BCUT2D eigenvalue weighted by atomic mass is 35.5. The van der Waals surface area contributed by atoms with E-state index in [-0.39, 0.29) is 0 Å². The molecule has 1 aromatic rings. The van der Waals surface area contributed by atoms with Crippen LogP contribution in [0.4, 0.5) is 4.39 Å². The molecule has 0 aliphatic heterocycles. The maximum atomic E-state index is 13.6. The molecule has 0 spiro atoms. The quantitative estimate of drug-likeness (QED) is 0.752. The Morgan fingerprint density at radius 3 is 2.47 bits per heavy atom. The van der Waals surface area contributed by atoms with E-state index < -0.39 is 23.3 Å². The largest absolute Gasteiger partial charge is 0.460 e. The molecule has 1 unspecified atom stereocenters. The van der Waals surface area contributed by atoms with Crippen LogP contribution >= 0.6 is 11.6 Å². The van der Waals surface area contributed by atoms with Crippen molar-refractivity contribution < 1.29 is 13.9 Å². The molecule has 0 N–H and O–H groups in total. The van der Waals surface area contributed by atoms with Crippen LogP contribution in [0.5, 0.6) is 0 Å². The number of rotatable bonds is 2. The van der Waals surface area contributed by atoms with Crippen LogP contribution in [0.3, 0.4) is 0 Å². The number of benzene rings is 1. The number of hydrogen-bond donors (Lipinski definition) is 0. The Bertz CT molecular complexity index is 424. The van der Waals surface area contributed by atoms with Gasteiger partial charge in [0.2, 0.25) is 0 Å². The molecule has 1 rings (SSSR count). The number of halogens is 2. The molecule has 1 atom stereocenters. The highest BCUT2D eigenvalue weighted by Gasteiger charge is 2.24. The van der Waals surface area contributed by atoms with E-state index >= 15 is 0 Å². The lowest BCUT2D eigenvalue weighted by Crippen LogP contribution is -2.27. The fourth-order valence-electron chi connectivity index (χ4n) is 1.37. The monoisotopic (exact) mass is 258 g/mol. The van der Waals surface area contributed by atoms with Gasteiger partial charge in [-0.3, -0.25) is 4.79 Å². The molecule has 0 amide bonds. The van der Waals surface area contributed by atoms with E-state index in [1.165, 1.54) is 12.1 Å². The zero-order valence-corrected chi connectivity index (χ0v) is 11.1. The molecule has 2 nitrogen and oxygen atoms in total. The Hall–Kier alpha value is -1.09. The molecule has 0 saturated heterocycles. The lowest BCUT2D eigenvalue weighted by molar-refractivity contribution is -0.156. The molecule has 0 aliphatic rings. The Labute approximate surface area is 106 Å². The molecule has 0 aliphatic carbocycles. The molecule has 0 fully saturated rings. The van der Waals surface area contributed by atoms with Crippen LogP contribution in [-0.2, 0) is 9.53 Å². The molecule has 94 valence electrons. The van der Waals surface area contributed by atoms with Crippen LogP contribution in [0.1, 0.15) is 39.2 Å². The maximum Gasteiger partial charge on any atom is 0.313 e. The number of esters is 1. The predicted octanol–water partition coefficient (Wildman–Crippen LogP) is 3.92. The minimum absolute atomic E-state index is 0.295. The van der Waals surface area contributed by atoms with Crippen molar-refractivity contribution in [1.29, 1.82) is 0 Å². The minimum atomic E-state index is -0.647. The van der Waals surface area contributed by atoms with Crippen LogP contribution in [0.2, 0.25) is 5.02 Å². The summed E-state index contributed by atoms with van der Waals surface area (Å²) in [7, 11) is 0. The summed E-state index contributed by atoms with van der Waals surface area (Å²) in [5.41, 5.74) is -0.280. The number of hydrogen-bond acceptors (Lipinski definition) is 2. The summed E-state index contributed by atoms with van der Waals surface area (Å²) in [6.45, 7) is 6.93. The first kappa shape index (κ1) is 14.0. The molecule has 4 heteroatoms. The summed E-state index contributed by atoms with van der Waals surface area (Å²) in [6.07, 6.45) is 0. The summed E-state index contributed by atoms with van der Waals surface area (Å²) in [5, 5.41) is 0.308. The van der Waals surface area contributed by atoms with Gasteiger partial charge in [0.15, 0.2) is 0 Å². The first-order chi connectivity index (χ1) is 7.70. The first-order valence-corrected chi connectivity index (χ1v) is 5.76. The van der Waals surface area contributed by atoms with Crippen molar-refractivity contribution in [3.8, 4) is 0 Å². The lowest BCUT2D eigenvalue weighted by atomic mass is 10.0. The average Bonchev–Trinajstić information content (AvgIpc) is 2.14. The SMILES string of the molecule is CC(C(=O)OC(C)(C)C)c1ccc(Cl)cc1F. The molecule has 0 heterocycles. The third-order valence-corrected chi connectivity index (χ3v) is 2.42. The zero-order valence-electron chi connectivity index (χ0n) is 10.4. The van der Waals surface area contributed by atoms with Crippen LogP contribution in [0.25, 0.3) is 0 Å². The van der Waals surface area contributed by atoms with Crippen molar-refractivity contribution in [1.82, 2.24) is 0 Å². The second-order valence-corrected chi connectivity index (χ2v) is 5.36. The van der Waals surface area contributed by atoms with E-state index in [1.807, 2.05) is 0 Å². The van der Waals surface area contributed by atoms with Gasteiger partial charge in [-0.15, -0.1) is 0 Å². The van der Waals surface area contributed by atoms with E-state index in [9.17, 15) is 9.18 Å². The van der Waals surface area contributed by atoms with Gasteiger partial charge in [-0.25, -0.2) is 4.39 Å². The van der Waals surface area contributed by atoms with E-state index in [0.717, 1.165) is 0 Å². The summed E-state index contributed by atoms with van der Waals surface area (Å²) in [6, 6.07) is 4.25. The second kappa shape index (κ2) is 5.05. The molecule has 17 heavy (non-hydrogen) atoms. The Balaban J connectivity index is 2.89. The molecular formula is C13H16ClFO2. The minimum Gasteiger partial charge on any atom is -0.460 e. The lowest BCUT2D eigenvalue weighted by Gasteiger charge is -2.22. The van der Waals surface area contributed by atoms with Gasteiger partial charge < -0.3 is 4.74 Å². The molecule has 0 saturated carbocycles. The first-order valence-electron chi connectivity index (χ1n) is 5.38. The Morgan fingerprint density at radius 1 is 1.41 bits per heavy atom. The summed E-state index contributed by atoms with van der Waals surface area (Å²) < 4.78 is 18.8. The molecule has 0 aromatic heterocycles. The van der Waals surface area contributed by atoms with E-state index in [2.05, 4.69) is 0 Å². The van der Waals surface area contributed by atoms with Gasteiger partial charge >= 0.3 is 5.97 Å². The highest BCUT2D eigenvalue weighted by Crippen LogP contribution is 2.24. The Kier molecular flexibility index (Phi) is 4.15. The average molecular weight is 259 g/mol. The summed E-state index contributed by atoms with van der Waals surface area (Å²) in [4.78, 5) is 11.8. The van der Waals surface area contributed by atoms with Gasteiger partial charge in [-0.1, -0.05) is 17.7 Å². The van der Waals surface area contributed by atoms with E-state index in [0.29, 0.717) is 10.6 Å². The van der Waals surface area contributed by atoms with Gasteiger partial charge in [0.1, 0.15) is 11.4 Å². The predicted molar refractivity (Wildman–Crippen MR) is 65.7 cm³/mol. The van der Waals surface area contributed by atoms with E-state index in [4.69, 9.17) is 16.3 Å². The van der Waals surface area contributed by atoms with Crippen molar-refractivity contribution in [2.75, 3.05) is 0 Å². The smallest absolute Gasteiger partial charge is 0.313 e. The second-order valence-electron chi connectivity index (χ2n) is 4.92. The topological polar surface area (TPSA) is 26.3 Å². The summed E-state index contributed by atoms with van der Waals surface area (Å²) >= 11 is 5.65. The van der Waals surface area contributed by atoms with Crippen molar-refractivity contribution in [3.63, 3.8) is 0 Å². The highest BCUT2D eigenvalue weighted by molar-refractivity contribution is 6.30. The van der Waals surface area contributed by atoms with Gasteiger partial charge in [0.05, 0.1) is 5.92 Å². The molecular weight excluding hydrogens is 243 g/mol. The van der Waals surface area contributed by atoms with Gasteiger partial charge in [-0.2, -0.15) is 0 Å². The van der Waals surface area contributed by atoms with Crippen LogP contribution in [-0.4, -0.2) is 11.6 Å². The third kappa shape index (κ3) is 4.00. The van der Waals surface area contributed by atoms with Crippen LogP contribution < -0.4 is 0 Å². The normalized spacial score (nSPS) is 13.3.